The average Bonchev–Trinajstić information content (AvgIpc) is 2.96. The monoisotopic (exact) mass is 283 g/mol. The van der Waals surface area contributed by atoms with Gasteiger partial charge in [-0.15, -0.1) is 0 Å². The normalized spacial score (nSPS) is 24.1. The second-order valence-corrected chi connectivity index (χ2v) is 5.80. The Morgan fingerprint density at radius 1 is 1.38 bits per heavy atom. The highest BCUT2D eigenvalue weighted by Gasteiger charge is 2.39. The number of hydrogen-bond acceptors (Lipinski definition) is 3. The van der Waals surface area contributed by atoms with Crippen LogP contribution in [-0.4, -0.2) is 34.9 Å². The number of pyridine rings is 1. The van der Waals surface area contributed by atoms with Gasteiger partial charge in [0, 0.05) is 18.8 Å². The van der Waals surface area contributed by atoms with Gasteiger partial charge < -0.3 is 10.6 Å². The molecule has 2 heterocycles. The van der Waals surface area contributed by atoms with Crippen LogP contribution >= 0.6 is 0 Å². The van der Waals surface area contributed by atoms with Crippen molar-refractivity contribution in [2.75, 3.05) is 13.1 Å². The summed E-state index contributed by atoms with van der Waals surface area (Å²) >= 11 is 0. The number of hydrogen-bond donors (Lipinski definition) is 1. The predicted molar refractivity (Wildman–Crippen MR) is 81.6 cm³/mol. The van der Waals surface area contributed by atoms with Crippen molar-refractivity contribution in [2.24, 2.45) is 11.7 Å². The number of nitrogens with zero attached hydrogens (tertiary/aromatic N) is 2. The molecular weight excluding hydrogens is 262 g/mol. The Morgan fingerprint density at radius 3 is 3.10 bits per heavy atom. The number of carbonyl (C=O) groups excluding carboxylic acids is 1. The van der Waals surface area contributed by atoms with E-state index in [1.807, 2.05) is 17.0 Å². The first kappa shape index (κ1) is 14.1. The first-order valence-electron chi connectivity index (χ1n) is 7.76. The predicted octanol–water partition coefficient (Wildman–Crippen LogP) is 1.80. The Hall–Kier alpha value is -1.86. The van der Waals surface area contributed by atoms with Crippen LogP contribution in [0.5, 0.6) is 0 Å². The molecule has 0 radical (unpaired) electrons. The molecule has 4 nitrogen and oxygen atoms in total. The van der Waals surface area contributed by atoms with Crippen molar-refractivity contribution in [2.45, 2.75) is 38.1 Å². The third kappa shape index (κ3) is 2.79. The van der Waals surface area contributed by atoms with E-state index >= 15 is 0 Å². The lowest BCUT2D eigenvalue weighted by molar-refractivity contribution is 0.0684. The molecule has 1 saturated heterocycles. The molecule has 2 unspecified atom stereocenters. The quantitative estimate of drug-likeness (QED) is 0.799. The highest BCUT2D eigenvalue weighted by atomic mass is 16.2. The summed E-state index contributed by atoms with van der Waals surface area (Å²) in [6.07, 6.45) is 7.72. The molecule has 1 aliphatic carbocycles. The van der Waals surface area contributed by atoms with Crippen molar-refractivity contribution in [3.8, 4) is 11.8 Å². The Labute approximate surface area is 125 Å². The summed E-state index contributed by atoms with van der Waals surface area (Å²) in [6.45, 7) is 1.14. The van der Waals surface area contributed by atoms with Crippen molar-refractivity contribution in [1.29, 1.82) is 0 Å². The summed E-state index contributed by atoms with van der Waals surface area (Å²) < 4.78 is 0. The summed E-state index contributed by atoms with van der Waals surface area (Å²) in [5.41, 5.74) is 6.59. The minimum Gasteiger partial charge on any atom is -0.334 e. The maximum absolute atomic E-state index is 12.9. The van der Waals surface area contributed by atoms with Crippen LogP contribution in [0.25, 0.3) is 0 Å². The minimum atomic E-state index is 0.0336. The van der Waals surface area contributed by atoms with Crippen LogP contribution in [-0.2, 0) is 0 Å². The highest BCUT2D eigenvalue weighted by Crippen LogP contribution is 2.36. The number of aromatic nitrogens is 1. The number of nitrogens with two attached hydrogens (primary N) is 1. The Bertz CT molecular complexity index is 587. The zero-order chi connectivity index (χ0) is 14.7. The number of likely N-dealkylation sites (tertiary alicyclic amines) is 1. The molecule has 1 aromatic heterocycles. The summed E-state index contributed by atoms with van der Waals surface area (Å²) in [7, 11) is 0. The van der Waals surface area contributed by atoms with Gasteiger partial charge in [0.2, 0.25) is 0 Å². The van der Waals surface area contributed by atoms with Crippen LogP contribution < -0.4 is 5.73 Å². The number of rotatable bonds is 1. The van der Waals surface area contributed by atoms with E-state index in [1.165, 1.54) is 19.3 Å². The fraction of sp³-hybridized carbons (Fsp3) is 0.529. The molecule has 1 aliphatic heterocycles. The van der Waals surface area contributed by atoms with Gasteiger partial charge in [-0.25, -0.2) is 4.98 Å². The van der Waals surface area contributed by atoms with Gasteiger partial charge in [-0.1, -0.05) is 24.7 Å². The Balaban J connectivity index is 1.85. The van der Waals surface area contributed by atoms with E-state index in [-0.39, 0.29) is 12.5 Å². The number of amides is 1. The van der Waals surface area contributed by atoms with Crippen molar-refractivity contribution < 1.29 is 4.79 Å². The van der Waals surface area contributed by atoms with E-state index < -0.39 is 0 Å². The van der Waals surface area contributed by atoms with Gasteiger partial charge in [0.25, 0.3) is 5.91 Å². The topological polar surface area (TPSA) is 59.2 Å². The fourth-order valence-corrected chi connectivity index (χ4v) is 3.62. The largest absolute Gasteiger partial charge is 0.334 e. The highest BCUT2D eigenvalue weighted by molar-refractivity contribution is 5.95. The lowest BCUT2D eigenvalue weighted by atomic mass is 9.85. The van der Waals surface area contributed by atoms with Crippen molar-refractivity contribution in [3.05, 3.63) is 29.6 Å². The van der Waals surface area contributed by atoms with Crippen molar-refractivity contribution in [1.82, 2.24) is 9.88 Å². The standard InChI is InChI=1S/C17H21N3O/c18-10-3-6-14-7-4-11-19-16(14)17(21)20-12-9-13-5-1-2-8-15(13)20/h4,7,11,13,15H,1-2,5,8-10,12,18H2. The van der Waals surface area contributed by atoms with Gasteiger partial charge in [-0.2, -0.15) is 0 Å². The first-order chi connectivity index (χ1) is 10.3. The summed E-state index contributed by atoms with van der Waals surface area (Å²) in [5.74, 6) is 6.50. The van der Waals surface area contributed by atoms with Crippen LogP contribution in [0.15, 0.2) is 18.3 Å². The molecule has 21 heavy (non-hydrogen) atoms. The van der Waals surface area contributed by atoms with Gasteiger partial charge in [-0.3, -0.25) is 4.79 Å². The van der Waals surface area contributed by atoms with Crippen molar-refractivity contribution in [3.63, 3.8) is 0 Å². The molecule has 1 aromatic rings. The van der Waals surface area contributed by atoms with Crippen LogP contribution in [0, 0.1) is 17.8 Å². The molecule has 2 aliphatic rings. The number of carbonyl (C=O) groups is 1. The first-order valence-corrected chi connectivity index (χ1v) is 7.76. The van der Waals surface area contributed by atoms with E-state index in [1.54, 1.807) is 6.20 Å². The average molecular weight is 283 g/mol. The zero-order valence-electron chi connectivity index (χ0n) is 12.2. The molecule has 0 aromatic carbocycles. The van der Waals surface area contributed by atoms with Crippen LogP contribution in [0.3, 0.4) is 0 Å². The van der Waals surface area contributed by atoms with Gasteiger partial charge in [-0.05, 0) is 37.3 Å². The van der Waals surface area contributed by atoms with Crippen LogP contribution in [0.1, 0.15) is 48.2 Å². The molecule has 0 spiro atoms. The Morgan fingerprint density at radius 2 is 2.24 bits per heavy atom. The maximum atomic E-state index is 12.9. The van der Waals surface area contributed by atoms with E-state index in [2.05, 4.69) is 16.8 Å². The summed E-state index contributed by atoms with van der Waals surface area (Å²) in [5, 5.41) is 0. The smallest absolute Gasteiger partial charge is 0.274 e. The van der Waals surface area contributed by atoms with E-state index in [0.29, 0.717) is 23.2 Å². The molecular formula is C17H21N3O. The molecule has 3 rings (SSSR count). The summed E-state index contributed by atoms with van der Waals surface area (Å²) in [6, 6.07) is 4.06. The van der Waals surface area contributed by atoms with Gasteiger partial charge >= 0.3 is 0 Å². The molecule has 4 heteroatoms. The molecule has 110 valence electrons. The molecule has 1 saturated carbocycles. The fourth-order valence-electron chi connectivity index (χ4n) is 3.62. The summed E-state index contributed by atoms with van der Waals surface area (Å²) in [4.78, 5) is 19.2. The van der Waals surface area contributed by atoms with E-state index in [4.69, 9.17) is 5.73 Å². The lowest BCUT2D eigenvalue weighted by Crippen LogP contribution is -2.39. The zero-order valence-corrected chi connectivity index (χ0v) is 12.2. The van der Waals surface area contributed by atoms with E-state index in [0.717, 1.165) is 19.4 Å². The minimum absolute atomic E-state index is 0.0336. The second kappa shape index (κ2) is 6.28. The molecule has 2 atom stereocenters. The SMILES string of the molecule is NCC#Cc1cccnc1C(=O)N1CCC2CCCCC21. The third-order valence-electron chi connectivity index (χ3n) is 4.61. The molecule has 2 fully saturated rings. The van der Waals surface area contributed by atoms with E-state index in [9.17, 15) is 4.79 Å². The van der Waals surface area contributed by atoms with Gasteiger partial charge in [0.1, 0.15) is 5.69 Å². The molecule has 0 bridgehead atoms. The lowest BCUT2D eigenvalue weighted by Gasteiger charge is -2.31. The van der Waals surface area contributed by atoms with Gasteiger partial charge in [0.15, 0.2) is 0 Å². The van der Waals surface area contributed by atoms with Crippen LogP contribution in [0.2, 0.25) is 0 Å². The number of fused-ring (bicyclic) bond motifs is 1. The Kier molecular flexibility index (Phi) is 4.21. The van der Waals surface area contributed by atoms with Crippen LogP contribution in [0.4, 0.5) is 0 Å². The molecule has 1 amide bonds. The maximum Gasteiger partial charge on any atom is 0.274 e. The van der Waals surface area contributed by atoms with Gasteiger partial charge in [0.05, 0.1) is 12.1 Å². The second-order valence-electron chi connectivity index (χ2n) is 5.80. The third-order valence-corrected chi connectivity index (χ3v) is 4.61. The molecule has 2 N–H and O–H groups in total. The van der Waals surface area contributed by atoms with Crippen molar-refractivity contribution >= 4 is 5.91 Å².